The van der Waals surface area contributed by atoms with Gasteiger partial charge in [0.15, 0.2) is 0 Å². The van der Waals surface area contributed by atoms with Crippen molar-refractivity contribution in [2.24, 2.45) is 0 Å². The zero-order valence-corrected chi connectivity index (χ0v) is 24.1. The van der Waals surface area contributed by atoms with E-state index in [9.17, 15) is 10.1 Å². The number of nitrogens with zero attached hydrogens (tertiary/aromatic N) is 1. The summed E-state index contributed by atoms with van der Waals surface area (Å²) in [6.07, 6.45) is 1.49. The summed E-state index contributed by atoms with van der Waals surface area (Å²) in [6.45, 7) is 0.535. The molecule has 0 saturated carbocycles. The number of carbonyl (C=O) groups is 1. The molecule has 0 aliphatic carbocycles. The summed E-state index contributed by atoms with van der Waals surface area (Å²) in [6, 6.07) is 26.7. The Bertz CT molecular complexity index is 1570. The SMILES string of the molecule is N#C/C(=C\c1cc(Br)ccc1OCc1cccc(Cl)c1)C(=O)Nc1ccc(OCc2ccc(Cl)cc2Cl)cc1. The third-order valence-electron chi connectivity index (χ3n) is 5.44. The molecule has 4 aromatic carbocycles. The van der Waals surface area contributed by atoms with Crippen LogP contribution in [-0.4, -0.2) is 5.91 Å². The Balaban J connectivity index is 1.42. The number of hydrogen-bond donors (Lipinski definition) is 1. The molecule has 0 unspecified atom stereocenters. The van der Waals surface area contributed by atoms with E-state index in [0.29, 0.717) is 37.8 Å². The van der Waals surface area contributed by atoms with Gasteiger partial charge in [-0.25, -0.2) is 0 Å². The first kappa shape index (κ1) is 28.5. The highest BCUT2D eigenvalue weighted by Gasteiger charge is 2.13. The van der Waals surface area contributed by atoms with Gasteiger partial charge in [-0.2, -0.15) is 5.26 Å². The van der Waals surface area contributed by atoms with Crippen LogP contribution in [0, 0.1) is 11.3 Å². The zero-order chi connectivity index (χ0) is 27.8. The van der Waals surface area contributed by atoms with Gasteiger partial charge in [-0.05, 0) is 78.4 Å². The summed E-state index contributed by atoms with van der Waals surface area (Å²) in [7, 11) is 0. The lowest BCUT2D eigenvalue weighted by atomic mass is 10.1. The van der Waals surface area contributed by atoms with Crippen molar-refractivity contribution in [1.29, 1.82) is 5.26 Å². The average molecular weight is 643 g/mol. The van der Waals surface area contributed by atoms with Crippen molar-refractivity contribution >= 4 is 68.4 Å². The normalized spacial score (nSPS) is 11.0. The number of halogens is 4. The second-order valence-corrected chi connectivity index (χ2v) is 10.5. The molecule has 0 aliphatic rings. The molecular weight excluding hydrogens is 623 g/mol. The van der Waals surface area contributed by atoms with Crippen LogP contribution in [0.4, 0.5) is 5.69 Å². The summed E-state index contributed by atoms with van der Waals surface area (Å²) < 4.78 is 12.5. The Morgan fingerprint density at radius 2 is 1.67 bits per heavy atom. The number of rotatable bonds is 9. The zero-order valence-electron chi connectivity index (χ0n) is 20.3. The maximum absolute atomic E-state index is 12.9. The van der Waals surface area contributed by atoms with Crippen LogP contribution < -0.4 is 14.8 Å². The molecule has 39 heavy (non-hydrogen) atoms. The van der Waals surface area contributed by atoms with Gasteiger partial charge in [0.2, 0.25) is 0 Å². The van der Waals surface area contributed by atoms with Crippen LogP contribution in [-0.2, 0) is 18.0 Å². The minimum atomic E-state index is -0.556. The number of benzene rings is 4. The minimum Gasteiger partial charge on any atom is -0.489 e. The molecule has 4 aromatic rings. The van der Waals surface area contributed by atoms with Gasteiger partial charge >= 0.3 is 0 Å². The molecule has 1 N–H and O–H groups in total. The van der Waals surface area contributed by atoms with Crippen molar-refractivity contribution < 1.29 is 14.3 Å². The predicted molar refractivity (Wildman–Crippen MR) is 159 cm³/mol. The van der Waals surface area contributed by atoms with E-state index < -0.39 is 5.91 Å². The fourth-order valence-corrected chi connectivity index (χ4v) is 4.54. The highest BCUT2D eigenvalue weighted by Crippen LogP contribution is 2.28. The molecule has 0 spiro atoms. The van der Waals surface area contributed by atoms with Gasteiger partial charge < -0.3 is 14.8 Å². The van der Waals surface area contributed by atoms with Crippen LogP contribution in [0.5, 0.6) is 11.5 Å². The quantitative estimate of drug-likeness (QED) is 0.146. The lowest BCUT2D eigenvalue weighted by molar-refractivity contribution is -0.112. The molecule has 196 valence electrons. The summed E-state index contributed by atoms with van der Waals surface area (Å²) in [5, 5.41) is 14.1. The molecular formula is C30H20BrCl3N2O3. The van der Waals surface area contributed by atoms with Crippen LogP contribution in [0.1, 0.15) is 16.7 Å². The van der Waals surface area contributed by atoms with E-state index in [2.05, 4.69) is 21.2 Å². The van der Waals surface area contributed by atoms with Gasteiger partial charge in [-0.15, -0.1) is 0 Å². The van der Waals surface area contributed by atoms with E-state index in [1.165, 1.54) is 6.08 Å². The van der Waals surface area contributed by atoms with Crippen molar-refractivity contribution in [2.45, 2.75) is 13.2 Å². The van der Waals surface area contributed by atoms with Crippen molar-refractivity contribution in [3.8, 4) is 17.6 Å². The Labute approximate surface area is 249 Å². The maximum atomic E-state index is 12.9. The van der Waals surface area contributed by atoms with E-state index in [-0.39, 0.29) is 18.8 Å². The van der Waals surface area contributed by atoms with Crippen LogP contribution in [0.15, 0.2) is 95.0 Å². The van der Waals surface area contributed by atoms with Gasteiger partial charge in [0.25, 0.3) is 5.91 Å². The number of hydrogen-bond acceptors (Lipinski definition) is 4. The lowest BCUT2D eigenvalue weighted by Crippen LogP contribution is -2.13. The molecule has 5 nitrogen and oxygen atoms in total. The molecule has 0 bridgehead atoms. The van der Waals surface area contributed by atoms with Gasteiger partial charge in [-0.3, -0.25) is 4.79 Å². The topological polar surface area (TPSA) is 71.3 Å². The Hall–Kier alpha value is -3.47. The highest BCUT2D eigenvalue weighted by molar-refractivity contribution is 9.10. The third kappa shape index (κ3) is 8.26. The molecule has 9 heteroatoms. The van der Waals surface area contributed by atoms with Crippen LogP contribution in [0.2, 0.25) is 15.1 Å². The van der Waals surface area contributed by atoms with Gasteiger partial charge in [0.1, 0.15) is 36.4 Å². The van der Waals surface area contributed by atoms with Crippen LogP contribution in [0.25, 0.3) is 6.08 Å². The lowest BCUT2D eigenvalue weighted by Gasteiger charge is -2.11. The molecule has 0 saturated heterocycles. The highest BCUT2D eigenvalue weighted by atomic mass is 79.9. The van der Waals surface area contributed by atoms with Crippen molar-refractivity contribution in [1.82, 2.24) is 0 Å². The summed E-state index contributed by atoms with van der Waals surface area (Å²) in [5.41, 5.74) is 2.68. The minimum absolute atomic E-state index is 0.0848. The maximum Gasteiger partial charge on any atom is 0.266 e. The second kappa shape index (κ2) is 13.5. The van der Waals surface area contributed by atoms with Crippen LogP contribution >= 0.6 is 50.7 Å². The molecule has 0 heterocycles. The van der Waals surface area contributed by atoms with Gasteiger partial charge in [0, 0.05) is 36.4 Å². The number of amides is 1. The Morgan fingerprint density at radius 3 is 2.38 bits per heavy atom. The second-order valence-electron chi connectivity index (χ2n) is 8.27. The number of ether oxygens (including phenoxy) is 2. The molecule has 0 aliphatic heterocycles. The van der Waals surface area contributed by atoms with E-state index in [1.54, 1.807) is 60.7 Å². The van der Waals surface area contributed by atoms with E-state index >= 15 is 0 Å². The fraction of sp³-hybridized carbons (Fsp3) is 0.0667. The predicted octanol–water partition coefficient (Wildman–Crippen LogP) is 9.11. The number of carbonyl (C=O) groups excluding carboxylic acids is 1. The van der Waals surface area contributed by atoms with Gasteiger partial charge in [0.05, 0.1) is 0 Å². The molecule has 1 amide bonds. The van der Waals surface area contributed by atoms with Crippen molar-refractivity contribution in [2.75, 3.05) is 5.32 Å². The molecule has 0 fully saturated rings. The molecule has 4 rings (SSSR count). The Kier molecular flexibility index (Phi) is 9.91. The first-order valence-corrected chi connectivity index (χ1v) is 13.5. The Morgan fingerprint density at radius 1 is 0.897 bits per heavy atom. The third-order valence-corrected chi connectivity index (χ3v) is 6.76. The van der Waals surface area contributed by atoms with E-state index in [0.717, 1.165) is 15.6 Å². The van der Waals surface area contributed by atoms with E-state index in [4.69, 9.17) is 44.3 Å². The summed E-state index contributed by atoms with van der Waals surface area (Å²) in [4.78, 5) is 12.9. The monoisotopic (exact) mass is 640 g/mol. The smallest absolute Gasteiger partial charge is 0.266 e. The largest absolute Gasteiger partial charge is 0.489 e. The summed E-state index contributed by atoms with van der Waals surface area (Å²) >= 11 is 21.6. The fourth-order valence-electron chi connectivity index (χ4n) is 3.49. The molecule has 0 aromatic heterocycles. The van der Waals surface area contributed by atoms with Crippen molar-refractivity contribution in [3.05, 3.63) is 127 Å². The van der Waals surface area contributed by atoms with E-state index in [1.807, 2.05) is 30.3 Å². The van der Waals surface area contributed by atoms with Crippen LogP contribution in [0.3, 0.4) is 0 Å². The standard InChI is InChI=1S/C30H20BrCl3N2O3/c31-23-5-11-29(39-17-19-2-1-3-24(32)12-19)21(14-23)13-22(16-35)30(37)36-26-7-9-27(10-8-26)38-18-20-4-6-25(33)15-28(20)34/h1-15H,17-18H2,(H,36,37)/b22-13+. The number of anilines is 1. The molecule has 0 atom stereocenters. The number of nitriles is 1. The first-order chi connectivity index (χ1) is 18.8. The van der Waals surface area contributed by atoms with Gasteiger partial charge in [-0.1, -0.05) is 68.9 Å². The summed E-state index contributed by atoms with van der Waals surface area (Å²) in [5.74, 6) is 0.548. The first-order valence-electron chi connectivity index (χ1n) is 11.6. The van der Waals surface area contributed by atoms with Crippen molar-refractivity contribution in [3.63, 3.8) is 0 Å². The molecule has 0 radical (unpaired) electrons. The average Bonchev–Trinajstić information content (AvgIpc) is 2.91. The number of nitrogens with one attached hydrogen (secondary N) is 1.